The third kappa shape index (κ3) is 3.62. The van der Waals surface area contributed by atoms with Gasteiger partial charge in [0.2, 0.25) is 5.91 Å². The van der Waals surface area contributed by atoms with Gasteiger partial charge in [-0.25, -0.2) is 4.79 Å². The Morgan fingerprint density at radius 3 is 2.69 bits per heavy atom. The number of hydrogen-bond acceptors (Lipinski definition) is 6. The van der Waals surface area contributed by atoms with Crippen LogP contribution in [-0.4, -0.2) is 31.3 Å². The summed E-state index contributed by atoms with van der Waals surface area (Å²) in [4.78, 5) is 37.2. The van der Waals surface area contributed by atoms with Gasteiger partial charge in [0.1, 0.15) is 5.00 Å². The van der Waals surface area contributed by atoms with Crippen LogP contribution in [0.15, 0.2) is 24.3 Å². The van der Waals surface area contributed by atoms with E-state index in [2.05, 4.69) is 10.6 Å². The summed E-state index contributed by atoms with van der Waals surface area (Å²) in [7, 11) is 1.34. The van der Waals surface area contributed by atoms with Gasteiger partial charge in [-0.15, -0.1) is 11.3 Å². The van der Waals surface area contributed by atoms with Crippen LogP contribution in [0.5, 0.6) is 0 Å². The van der Waals surface area contributed by atoms with Crippen molar-refractivity contribution >= 4 is 39.7 Å². The number of carbonyl (C=O) groups excluding carboxylic acids is 3. The fourth-order valence-corrected chi connectivity index (χ4v) is 4.39. The SMILES string of the molecule is COC(=O)c1c(NC(=O)CNc2ccccc2C(C)=O)sc2c1CCC2. The second-order valence-electron chi connectivity index (χ2n) is 6.06. The number of aryl methyl sites for hydroxylation is 1. The van der Waals surface area contributed by atoms with Gasteiger partial charge in [-0.1, -0.05) is 12.1 Å². The van der Waals surface area contributed by atoms with E-state index in [1.807, 2.05) is 0 Å². The van der Waals surface area contributed by atoms with Crippen molar-refractivity contribution < 1.29 is 19.1 Å². The number of nitrogens with one attached hydrogen (secondary N) is 2. The zero-order valence-corrected chi connectivity index (χ0v) is 15.5. The van der Waals surface area contributed by atoms with Gasteiger partial charge in [0.15, 0.2) is 5.78 Å². The van der Waals surface area contributed by atoms with Gasteiger partial charge in [-0.05, 0) is 43.9 Å². The molecular formula is C19H20N2O4S. The number of anilines is 2. The molecule has 6 nitrogen and oxygen atoms in total. The summed E-state index contributed by atoms with van der Waals surface area (Å²) in [5.41, 5.74) is 2.61. The molecule has 0 bridgehead atoms. The molecule has 1 aliphatic carbocycles. The number of thiophene rings is 1. The maximum atomic E-state index is 12.4. The molecular weight excluding hydrogens is 352 g/mol. The Labute approximate surface area is 155 Å². The number of methoxy groups -OCH3 is 1. The molecule has 0 saturated heterocycles. The van der Waals surface area contributed by atoms with Crippen molar-refractivity contribution in [3.63, 3.8) is 0 Å². The van der Waals surface area contributed by atoms with E-state index < -0.39 is 5.97 Å². The molecule has 0 radical (unpaired) electrons. The van der Waals surface area contributed by atoms with Crippen LogP contribution in [0.3, 0.4) is 0 Å². The molecule has 0 saturated carbocycles. The van der Waals surface area contributed by atoms with Gasteiger partial charge in [-0.3, -0.25) is 9.59 Å². The minimum Gasteiger partial charge on any atom is -0.465 e. The Kier molecular flexibility index (Phi) is 5.37. The van der Waals surface area contributed by atoms with E-state index in [1.54, 1.807) is 24.3 Å². The van der Waals surface area contributed by atoms with Crippen molar-refractivity contribution in [3.8, 4) is 0 Å². The normalized spacial score (nSPS) is 12.4. The summed E-state index contributed by atoms with van der Waals surface area (Å²) >= 11 is 1.44. The first-order valence-corrected chi connectivity index (χ1v) is 9.19. The molecule has 7 heteroatoms. The average molecular weight is 372 g/mol. The topological polar surface area (TPSA) is 84.5 Å². The minimum absolute atomic E-state index is 0.00648. The molecule has 2 N–H and O–H groups in total. The highest BCUT2D eigenvalue weighted by Crippen LogP contribution is 2.39. The molecule has 0 aliphatic heterocycles. The summed E-state index contributed by atoms with van der Waals surface area (Å²) in [5, 5.41) is 6.32. The smallest absolute Gasteiger partial charge is 0.341 e. The van der Waals surface area contributed by atoms with Crippen LogP contribution in [0.2, 0.25) is 0 Å². The lowest BCUT2D eigenvalue weighted by Gasteiger charge is -2.11. The van der Waals surface area contributed by atoms with Gasteiger partial charge in [0.25, 0.3) is 0 Å². The lowest BCUT2D eigenvalue weighted by atomic mass is 10.1. The van der Waals surface area contributed by atoms with Crippen LogP contribution in [0.1, 0.15) is 44.5 Å². The number of para-hydroxylation sites is 1. The molecule has 0 spiro atoms. The zero-order chi connectivity index (χ0) is 18.7. The van der Waals surface area contributed by atoms with Gasteiger partial charge >= 0.3 is 5.97 Å². The molecule has 1 aromatic heterocycles. The molecule has 1 aliphatic rings. The molecule has 26 heavy (non-hydrogen) atoms. The van der Waals surface area contributed by atoms with E-state index in [4.69, 9.17) is 4.74 Å². The van der Waals surface area contributed by atoms with Crippen molar-refractivity contribution in [3.05, 3.63) is 45.8 Å². The Hall–Kier alpha value is -2.67. The van der Waals surface area contributed by atoms with Crippen LogP contribution >= 0.6 is 11.3 Å². The largest absolute Gasteiger partial charge is 0.465 e. The Balaban J connectivity index is 1.72. The van der Waals surface area contributed by atoms with Crippen molar-refractivity contribution in [2.24, 2.45) is 0 Å². The zero-order valence-electron chi connectivity index (χ0n) is 14.7. The first-order valence-electron chi connectivity index (χ1n) is 8.37. The number of carbonyl (C=O) groups is 3. The maximum Gasteiger partial charge on any atom is 0.341 e. The van der Waals surface area contributed by atoms with Crippen LogP contribution in [0, 0.1) is 0 Å². The molecule has 1 amide bonds. The number of amides is 1. The van der Waals surface area contributed by atoms with Gasteiger partial charge in [0, 0.05) is 16.1 Å². The maximum absolute atomic E-state index is 12.4. The predicted molar refractivity (Wildman–Crippen MR) is 101 cm³/mol. The van der Waals surface area contributed by atoms with Crippen molar-refractivity contribution in [1.29, 1.82) is 0 Å². The monoisotopic (exact) mass is 372 g/mol. The van der Waals surface area contributed by atoms with E-state index in [9.17, 15) is 14.4 Å². The summed E-state index contributed by atoms with van der Waals surface area (Å²) in [6.45, 7) is 1.48. The third-order valence-corrected chi connectivity index (χ3v) is 5.52. The summed E-state index contributed by atoms with van der Waals surface area (Å²) < 4.78 is 4.88. The molecule has 0 unspecified atom stereocenters. The van der Waals surface area contributed by atoms with E-state index in [1.165, 1.54) is 25.4 Å². The average Bonchev–Trinajstić information content (AvgIpc) is 3.20. The second-order valence-corrected chi connectivity index (χ2v) is 7.16. The highest BCUT2D eigenvalue weighted by atomic mass is 32.1. The Morgan fingerprint density at radius 2 is 1.96 bits per heavy atom. The highest BCUT2D eigenvalue weighted by molar-refractivity contribution is 7.17. The number of esters is 1. The molecule has 0 fully saturated rings. The number of ether oxygens (including phenoxy) is 1. The Bertz CT molecular complexity index is 872. The van der Waals surface area contributed by atoms with Gasteiger partial charge < -0.3 is 15.4 Å². The number of Topliss-reactive ketones (excluding diaryl/α,β-unsaturated/α-hetero) is 1. The summed E-state index contributed by atoms with van der Waals surface area (Å²) in [5.74, 6) is -0.779. The Morgan fingerprint density at radius 1 is 1.19 bits per heavy atom. The van der Waals surface area contributed by atoms with E-state index in [-0.39, 0.29) is 18.2 Å². The van der Waals surface area contributed by atoms with Gasteiger partial charge in [0.05, 0.1) is 19.2 Å². The highest BCUT2D eigenvalue weighted by Gasteiger charge is 2.27. The van der Waals surface area contributed by atoms with Crippen LogP contribution in [0.4, 0.5) is 10.7 Å². The van der Waals surface area contributed by atoms with E-state index in [0.717, 1.165) is 29.7 Å². The molecule has 3 rings (SSSR count). The van der Waals surface area contributed by atoms with Crippen LogP contribution < -0.4 is 10.6 Å². The first-order chi connectivity index (χ1) is 12.5. The fourth-order valence-electron chi connectivity index (χ4n) is 3.10. The molecule has 2 aromatic rings. The summed E-state index contributed by atoms with van der Waals surface area (Å²) in [6, 6.07) is 7.04. The van der Waals surface area contributed by atoms with E-state index in [0.29, 0.717) is 21.8 Å². The lowest BCUT2D eigenvalue weighted by Crippen LogP contribution is -2.23. The molecule has 1 heterocycles. The van der Waals surface area contributed by atoms with Crippen LogP contribution in [-0.2, 0) is 22.4 Å². The van der Waals surface area contributed by atoms with Gasteiger partial charge in [-0.2, -0.15) is 0 Å². The van der Waals surface area contributed by atoms with Crippen molar-refractivity contribution in [2.45, 2.75) is 26.2 Å². The molecule has 136 valence electrons. The minimum atomic E-state index is -0.422. The van der Waals surface area contributed by atoms with Crippen molar-refractivity contribution in [1.82, 2.24) is 0 Å². The standard InChI is InChI=1S/C19H20N2O4S/c1-11(22)12-6-3-4-8-14(12)20-10-16(23)21-18-17(19(24)25-2)13-7-5-9-15(13)26-18/h3-4,6,8,20H,5,7,9-10H2,1-2H3,(H,21,23). The lowest BCUT2D eigenvalue weighted by molar-refractivity contribution is -0.114. The first kappa shape index (κ1) is 18.1. The fraction of sp³-hybridized carbons (Fsp3) is 0.316. The third-order valence-electron chi connectivity index (χ3n) is 4.31. The number of benzene rings is 1. The number of fused-ring (bicyclic) bond motifs is 1. The molecule has 0 atom stereocenters. The number of rotatable bonds is 6. The summed E-state index contributed by atoms with van der Waals surface area (Å²) in [6.07, 6.45) is 2.77. The van der Waals surface area contributed by atoms with Crippen molar-refractivity contribution in [2.75, 3.05) is 24.3 Å². The number of ketones is 1. The quantitative estimate of drug-likeness (QED) is 0.600. The van der Waals surface area contributed by atoms with Crippen LogP contribution in [0.25, 0.3) is 0 Å². The van der Waals surface area contributed by atoms with E-state index >= 15 is 0 Å². The number of hydrogen-bond donors (Lipinski definition) is 2. The second kappa shape index (κ2) is 7.70. The molecule has 1 aromatic carbocycles. The predicted octanol–water partition coefficient (Wildman–Crippen LogP) is 3.28.